The van der Waals surface area contributed by atoms with Gasteiger partial charge in [0.25, 0.3) is 0 Å². The Kier molecular flexibility index (Phi) is 3.99. The first kappa shape index (κ1) is 14.0. The maximum atomic E-state index is 13.3. The van der Waals surface area contributed by atoms with Crippen molar-refractivity contribution >= 4 is 22.8 Å². The summed E-state index contributed by atoms with van der Waals surface area (Å²) in [6.45, 7) is -0.146. The summed E-state index contributed by atoms with van der Waals surface area (Å²) in [5.41, 5.74) is 0.763. The molecule has 7 heteroatoms. The highest BCUT2D eigenvalue weighted by atomic mass is 19.1. The molecule has 1 aromatic carbocycles. The number of hydrogen-bond acceptors (Lipinski definition) is 3. The molecule has 2 aromatic rings. The number of fused-ring (bicyclic) bond motifs is 1. The number of halogens is 1. The minimum Gasteiger partial charge on any atom is -0.477 e. The minimum atomic E-state index is -1.17. The molecule has 0 radical (unpaired) electrons. The predicted octanol–water partition coefficient (Wildman–Crippen LogP) is 1.27. The third kappa shape index (κ3) is 2.77. The number of carbonyl (C=O) groups is 2. The van der Waals surface area contributed by atoms with Crippen LogP contribution in [0.3, 0.4) is 0 Å². The first-order chi connectivity index (χ1) is 9.52. The highest BCUT2D eigenvalue weighted by Gasteiger charge is 2.17. The van der Waals surface area contributed by atoms with Gasteiger partial charge in [0.2, 0.25) is 5.91 Å². The number of carboxylic acid groups (broad SMARTS) is 1. The monoisotopic (exact) mass is 280 g/mol. The van der Waals surface area contributed by atoms with Gasteiger partial charge in [0, 0.05) is 30.1 Å². The second kappa shape index (κ2) is 5.70. The Labute approximate surface area is 113 Å². The zero-order valence-corrected chi connectivity index (χ0v) is 10.7. The van der Waals surface area contributed by atoms with Gasteiger partial charge in [-0.3, -0.25) is 4.79 Å². The molecule has 20 heavy (non-hydrogen) atoms. The first-order valence-electron chi connectivity index (χ1n) is 5.82. The Bertz CT molecular complexity index is 666. The number of ether oxygens (including phenoxy) is 1. The van der Waals surface area contributed by atoms with Crippen molar-refractivity contribution in [2.24, 2.45) is 0 Å². The highest BCUT2D eigenvalue weighted by molar-refractivity contribution is 5.97. The molecule has 0 saturated heterocycles. The Morgan fingerprint density at radius 2 is 2.20 bits per heavy atom. The normalized spacial score (nSPS) is 10.7. The zero-order chi connectivity index (χ0) is 14.7. The summed E-state index contributed by atoms with van der Waals surface area (Å²) in [4.78, 5) is 25.2. The molecule has 1 amide bonds. The highest BCUT2D eigenvalue weighted by Crippen LogP contribution is 2.23. The Balaban J connectivity index is 2.38. The number of aromatic amines is 1. The molecule has 0 bridgehead atoms. The van der Waals surface area contributed by atoms with E-state index in [0.29, 0.717) is 16.5 Å². The molecule has 0 spiro atoms. The first-order valence-corrected chi connectivity index (χ1v) is 5.82. The molecule has 0 atom stereocenters. The van der Waals surface area contributed by atoms with E-state index in [4.69, 9.17) is 5.11 Å². The summed E-state index contributed by atoms with van der Waals surface area (Å²) in [7, 11) is 1.38. The minimum absolute atomic E-state index is 0.0206. The number of aromatic nitrogens is 1. The van der Waals surface area contributed by atoms with Gasteiger partial charge in [-0.05, 0) is 18.2 Å². The van der Waals surface area contributed by atoms with Gasteiger partial charge in [-0.1, -0.05) is 0 Å². The van der Waals surface area contributed by atoms with Crippen LogP contribution in [0, 0.1) is 5.82 Å². The van der Waals surface area contributed by atoms with Crippen LogP contribution in [-0.4, -0.2) is 35.7 Å². The summed E-state index contributed by atoms with van der Waals surface area (Å²) in [5, 5.41) is 12.1. The smallest absolute Gasteiger partial charge is 0.352 e. The number of carbonyl (C=O) groups excluding carboxylic acids is 1. The maximum Gasteiger partial charge on any atom is 0.352 e. The molecule has 3 N–H and O–H groups in total. The second-order valence-electron chi connectivity index (χ2n) is 4.18. The molecule has 106 valence electrons. The van der Waals surface area contributed by atoms with E-state index in [9.17, 15) is 14.0 Å². The fourth-order valence-corrected chi connectivity index (χ4v) is 1.96. The number of hydrogen-bond donors (Lipinski definition) is 3. The summed E-state index contributed by atoms with van der Waals surface area (Å²) in [6.07, 6.45) is 0. The number of rotatable bonds is 5. The van der Waals surface area contributed by atoms with Gasteiger partial charge in [0.1, 0.15) is 18.1 Å². The van der Waals surface area contributed by atoms with Crippen LogP contribution < -0.4 is 5.32 Å². The van der Waals surface area contributed by atoms with Crippen LogP contribution in [0.2, 0.25) is 0 Å². The molecule has 1 heterocycles. The molecular formula is C13H13FN2O4. The fraction of sp³-hybridized carbons (Fsp3) is 0.231. The van der Waals surface area contributed by atoms with Crippen molar-refractivity contribution in [1.29, 1.82) is 0 Å². The summed E-state index contributed by atoms with van der Waals surface area (Å²) in [5.74, 6) is -2.02. The van der Waals surface area contributed by atoms with Crippen LogP contribution in [0.4, 0.5) is 4.39 Å². The molecule has 0 saturated carbocycles. The van der Waals surface area contributed by atoms with Crippen molar-refractivity contribution < 1.29 is 23.8 Å². The number of benzene rings is 1. The van der Waals surface area contributed by atoms with E-state index in [1.807, 2.05) is 0 Å². The van der Waals surface area contributed by atoms with E-state index >= 15 is 0 Å². The number of aromatic carboxylic acids is 1. The van der Waals surface area contributed by atoms with Crippen LogP contribution in [0.5, 0.6) is 0 Å². The van der Waals surface area contributed by atoms with E-state index in [1.165, 1.54) is 25.3 Å². The van der Waals surface area contributed by atoms with Crippen molar-refractivity contribution in [3.8, 4) is 0 Å². The largest absolute Gasteiger partial charge is 0.477 e. The molecule has 1 aromatic heterocycles. The van der Waals surface area contributed by atoms with Crippen molar-refractivity contribution in [2.75, 3.05) is 13.7 Å². The third-order valence-corrected chi connectivity index (χ3v) is 2.82. The predicted molar refractivity (Wildman–Crippen MR) is 68.9 cm³/mol. The van der Waals surface area contributed by atoms with Gasteiger partial charge < -0.3 is 20.1 Å². The van der Waals surface area contributed by atoms with Gasteiger partial charge in [-0.25, -0.2) is 9.18 Å². The number of H-pyrrole nitrogens is 1. The molecule has 6 nitrogen and oxygen atoms in total. The quantitative estimate of drug-likeness (QED) is 0.769. The molecule has 0 aliphatic heterocycles. The van der Waals surface area contributed by atoms with E-state index in [0.717, 1.165) is 0 Å². The average molecular weight is 280 g/mol. The van der Waals surface area contributed by atoms with Crippen LogP contribution >= 0.6 is 0 Å². The fourth-order valence-electron chi connectivity index (χ4n) is 1.96. The topological polar surface area (TPSA) is 91.4 Å². The third-order valence-electron chi connectivity index (χ3n) is 2.82. The average Bonchev–Trinajstić information content (AvgIpc) is 2.75. The van der Waals surface area contributed by atoms with Gasteiger partial charge in [0.05, 0.1) is 0 Å². The molecule has 0 unspecified atom stereocenters. The Morgan fingerprint density at radius 1 is 1.45 bits per heavy atom. The Hall–Kier alpha value is -2.41. The second-order valence-corrected chi connectivity index (χ2v) is 4.18. The van der Waals surface area contributed by atoms with Crippen molar-refractivity contribution in [3.05, 3.63) is 35.3 Å². The SMILES string of the molecule is COCC(=O)NCc1c(C(=O)O)[nH]c2ccc(F)cc12. The van der Waals surface area contributed by atoms with Gasteiger partial charge in [0.15, 0.2) is 0 Å². The van der Waals surface area contributed by atoms with Gasteiger partial charge >= 0.3 is 5.97 Å². The lowest BCUT2D eigenvalue weighted by molar-refractivity contribution is -0.124. The Morgan fingerprint density at radius 3 is 2.85 bits per heavy atom. The summed E-state index contributed by atoms with van der Waals surface area (Å²) >= 11 is 0. The zero-order valence-electron chi connectivity index (χ0n) is 10.7. The van der Waals surface area contributed by atoms with Crippen LogP contribution in [0.1, 0.15) is 16.1 Å². The van der Waals surface area contributed by atoms with E-state index in [1.54, 1.807) is 0 Å². The molecule has 0 aliphatic rings. The lowest BCUT2D eigenvalue weighted by Gasteiger charge is -2.05. The van der Waals surface area contributed by atoms with E-state index in [2.05, 4.69) is 15.0 Å². The molecule has 0 fully saturated rings. The number of methoxy groups -OCH3 is 1. The lowest BCUT2D eigenvalue weighted by atomic mass is 10.1. The standard InChI is InChI=1S/C13H13FN2O4/c1-20-6-11(17)15-5-9-8-4-7(14)2-3-10(8)16-12(9)13(18)19/h2-4,16H,5-6H2,1H3,(H,15,17)(H,18,19). The van der Waals surface area contributed by atoms with E-state index < -0.39 is 11.8 Å². The van der Waals surface area contributed by atoms with Crippen LogP contribution in [-0.2, 0) is 16.1 Å². The number of amides is 1. The molecular weight excluding hydrogens is 267 g/mol. The van der Waals surface area contributed by atoms with Crippen molar-refractivity contribution in [3.63, 3.8) is 0 Å². The van der Waals surface area contributed by atoms with Crippen LogP contribution in [0.25, 0.3) is 10.9 Å². The van der Waals surface area contributed by atoms with Gasteiger partial charge in [-0.15, -0.1) is 0 Å². The lowest BCUT2D eigenvalue weighted by Crippen LogP contribution is -2.27. The molecule has 2 rings (SSSR count). The van der Waals surface area contributed by atoms with Crippen LogP contribution in [0.15, 0.2) is 18.2 Å². The summed E-state index contributed by atoms with van der Waals surface area (Å²) in [6, 6.07) is 3.92. The van der Waals surface area contributed by atoms with Crippen molar-refractivity contribution in [2.45, 2.75) is 6.54 Å². The van der Waals surface area contributed by atoms with E-state index in [-0.39, 0.29) is 24.8 Å². The number of carboxylic acids is 1. The molecule has 0 aliphatic carbocycles. The number of nitrogens with one attached hydrogen (secondary N) is 2. The maximum absolute atomic E-state index is 13.3. The van der Waals surface area contributed by atoms with Gasteiger partial charge in [-0.2, -0.15) is 0 Å². The summed E-state index contributed by atoms with van der Waals surface area (Å²) < 4.78 is 17.9. The van der Waals surface area contributed by atoms with Crippen molar-refractivity contribution in [1.82, 2.24) is 10.3 Å².